The molecule has 1 heterocycles. The predicted molar refractivity (Wildman–Crippen MR) is 140 cm³/mol. The van der Waals surface area contributed by atoms with Crippen LogP contribution in [0.3, 0.4) is 0 Å². The van der Waals surface area contributed by atoms with Crippen molar-refractivity contribution in [1.82, 2.24) is 5.32 Å². The van der Waals surface area contributed by atoms with Gasteiger partial charge in [0.1, 0.15) is 0 Å². The first-order valence-electron chi connectivity index (χ1n) is 12.4. The average Bonchev–Trinajstić information content (AvgIpc) is 3.14. The summed E-state index contributed by atoms with van der Waals surface area (Å²) in [5.74, 6) is 0. The Balaban J connectivity index is 0.00000450. The summed E-state index contributed by atoms with van der Waals surface area (Å²) in [4.78, 5) is 2.48. The van der Waals surface area contributed by atoms with Crippen LogP contribution in [-0.4, -0.2) is 24.7 Å². The maximum absolute atomic E-state index is 5.82. The lowest BCUT2D eigenvalue weighted by molar-refractivity contribution is 0.312. The Morgan fingerprint density at radius 2 is 1.43 bits per heavy atom. The molecular formula is C26H48BrN3. The second-order valence-electron chi connectivity index (χ2n) is 9.84. The van der Waals surface area contributed by atoms with Gasteiger partial charge in [0.2, 0.25) is 0 Å². The molecule has 4 heteroatoms. The molecule has 3 nitrogen and oxygen atoms in total. The molecule has 1 aromatic rings. The van der Waals surface area contributed by atoms with Gasteiger partial charge in [0.25, 0.3) is 0 Å². The number of hydrogen-bond donors (Lipinski definition) is 2. The molecule has 3 N–H and O–H groups in total. The van der Waals surface area contributed by atoms with Crippen molar-refractivity contribution < 1.29 is 0 Å². The Labute approximate surface area is 197 Å². The Kier molecular flexibility index (Phi) is 13.8. The predicted octanol–water partition coefficient (Wildman–Crippen LogP) is 7.49. The largest absolute Gasteiger partial charge is 0.399 e. The van der Waals surface area contributed by atoms with Crippen LogP contribution in [0.15, 0.2) is 24.3 Å². The average molecular weight is 483 g/mol. The van der Waals surface area contributed by atoms with Crippen molar-refractivity contribution >= 4 is 28.4 Å². The van der Waals surface area contributed by atoms with Gasteiger partial charge in [-0.15, -0.1) is 17.0 Å². The summed E-state index contributed by atoms with van der Waals surface area (Å²) >= 11 is 0. The van der Waals surface area contributed by atoms with Crippen LogP contribution in [0, 0.1) is 0 Å². The first-order chi connectivity index (χ1) is 14.0. The zero-order valence-corrected chi connectivity index (χ0v) is 21.6. The molecule has 1 fully saturated rings. The molecule has 1 atom stereocenters. The number of nitrogen functional groups attached to an aromatic ring is 1. The fraction of sp³-hybridized carbons (Fsp3) is 0.769. The lowest BCUT2D eigenvalue weighted by Gasteiger charge is -2.30. The minimum Gasteiger partial charge on any atom is -0.399 e. The smallest absolute Gasteiger partial charge is 0.0368 e. The van der Waals surface area contributed by atoms with Crippen LogP contribution in [0.1, 0.15) is 104 Å². The fourth-order valence-electron chi connectivity index (χ4n) is 4.65. The van der Waals surface area contributed by atoms with E-state index in [1.807, 2.05) is 12.1 Å². The van der Waals surface area contributed by atoms with Gasteiger partial charge in [-0.05, 0) is 51.0 Å². The van der Waals surface area contributed by atoms with Crippen LogP contribution >= 0.6 is 17.0 Å². The number of nitrogens with zero attached hydrogens (tertiary/aromatic N) is 1. The summed E-state index contributed by atoms with van der Waals surface area (Å²) in [7, 11) is 0. The second kappa shape index (κ2) is 15.1. The van der Waals surface area contributed by atoms with Crippen molar-refractivity contribution in [2.75, 3.05) is 23.7 Å². The van der Waals surface area contributed by atoms with E-state index in [4.69, 9.17) is 5.73 Å². The van der Waals surface area contributed by atoms with E-state index in [1.165, 1.54) is 89.2 Å². The van der Waals surface area contributed by atoms with Gasteiger partial charge in [-0.2, -0.15) is 0 Å². The minimum absolute atomic E-state index is 0. The van der Waals surface area contributed by atoms with Crippen LogP contribution in [0.5, 0.6) is 0 Å². The molecule has 1 aliphatic rings. The van der Waals surface area contributed by atoms with Crippen molar-refractivity contribution in [3.63, 3.8) is 0 Å². The van der Waals surface area contributed by atoms with Gasteiger partial charge >= 0.3 is 0 Å². The number of nitrogens with one attached hydrogen (secondary N) is 1. The number of hydrogen-bond acceptors (Lipinski definition) is 3. The third-order valence-corrected chi connectivity index (χ3v) is 6.45. The van der Waals surface area contributed by atoms with Crippen LogP contribution < -0.4 is 16.0 Å². The van der Waals surface area contributed by atoms with Crippen LogP contribution in [0.4, 0.5) is 11.4 Å². The molecule has 1 aliphatic heterocycles. The lowest BCUT2D eigenvalue weighted by Crippen LogP contribution is -2.47. The van der Waals surface area contributed by atoms with E-state index in [9.17, 15) is 0 Å². The highest BCUT2D eigenvalue weighted by molar-refractivity contribution is 8.93. The van der Waals surface area contributed by atoms with Gasteiger partial charge in [0.15, 0.2) is 0 Å². The molecule has 174 valence electrons. The van der Waals surface area contributed by atoms with E-state index in [2.05, 4.69) is 43.1 Å². The summed E-state index contributed by atoms with van der Waals surface area (Å²) in [6.45, 7) is 9.30. The molecule has 0 bridgehead atoms. The molecule has 0 saturated carbocycles. The van der Waals surface area contributed by atoms with Crippen molar-refractivity contribution in [2.45, 2.75) is 116 Å². The molecule has 30 heavy (non-hydrogen) atoms. The molecule has 0 amide bonds. The monoisotopic (exact) mass is 481 g/mol. The standard InChI is InChI=1S/C26H47N3.BrH/c1-4-5-6-7-8-9-10-11-12-13-14-20-26(2,3)28-24-19-21-29(22-24)25-17-15-23(27)16-18-25;/h15-18,24,28H,4-14,19-22,27H2,1-3H3;1H. The SMILES string of the molecule is Br.CCCCCCCCCCCCCC(C)(C)NC1CCN(c2ccc(N)cc2)C1. The first kappa shape index (κ1) is 27.3. The number of benzene rings is 1. The van der Waals surface area contributed by atoms with Gasteiger partial charge in [-0.25, -0.2) is 0 Å². The maximum Gasteiger partial charge on any atom is 0.0368 e. The molecule has 1 unspecified atom stereocenters. The Morgan fingerprint density at radius 1 is 0.900 bits per heavy atom. The molecular weight excluding hydrogens is 434 g/mol. The highest BCUT2D eigenvalue weighted by Crippen LogP contribution is 2.24. The topological polar surface area (TPSA) is 41.3 Å². The Morgan fingerprint density at radius 3 is 2.00 bits per heavy atom. The third-order valence-electron chi connectivity index (χ3n) is 6.45. The lowest BCUT2D eigenvalue weighted by atomic mass is 9.94. The Hall–Kier alpha value is -0.740. The van der Waals surface area contributed by atoms with E-state index in [0.717, 1.165) is 18.8 Å². The fourth-order valence-corrected chi connectivity index (χ4v) is 4.65. The van der Waals surface area contributed by atoms with E-state index < -0.39 is 0 Å². The van der Waals surface area contributed by atoms with E-state index in [1.54, 1.807) is 0 Å². The number of rotatable bonds is 15. The zero-order valence-electron chi connectivity index (χ0n) is 19.9. The van der Waals surface area contributed by atoms with Crippen molar-refractivity contribution in [3.05, 3.63) is 24.3 Å². The number of unbranched alkanes of at least 4 members (excludes halogenated alkanes) is 10. The summed E-state index contributed by atoms with van der Waals surface area (Å²) in [5.41, 5.74) is 8.20. The molecule has 0 aromatic heterocycles. The highest BCUT2D eigenvalue weighted by Gasteiger charge is 2.27. The first-order valence-corrected chi connectivity index (χ1v) is 12.4. The summed E-state index contributed by atoms with van der Waals surface area (Å²) in [6, 6.07) is 8.90. The Bertz CT molecular complexity index is 544. The molecule has 2 rings (SSSR count). The van der Waals surface area contributed by atoms with Gasteiger partial charge in [0, 0.05) is 36.0 Å². The second-order valence-corrected chi connectivity index (χ2v) is 9.84. The third kappa shape index (κ3) is 11.0. The number of halogens is 1. The van der Waals surface area contributed by atoms with E-state index in [0.29, 0.717) is 6.04 Å². The van der Waals surface area contributed by atoms with Crippen LogP contribution in [0.25, 0.3) is 0 Å². The zero-order chi connectivity index (χ0) is 21.0. The maximum atomic E-state index is 5.82. The van der Waals surface area contributed by atoms with Gasteiger partial charge in [0.05, 0.1) is 0 Å². The summed E-state index contributed by atoms with van der Waals surface area (Å²) < 4.78 is 0. The molecule has 1 aromatic carbocycles. The number of nitrogens with two attached hydrogens (primary N) is 1. The molecule has 0 spiro atoms. The quantitative estimate of drug-likeness (QED) is 0.201. The van der Waals surface area contributed by atoms with E-state index in [-0.39, 0.29) is 22.5 Å². The van der Waals surface area contributed by atoms with Crippen molar-refractivity contribution in [1.29, 1.82) is 0 Å². The molecule has 1 saturated heterocycles. The number of anilines is 2. The van der Waals surface area contributed by atoms with Crippen molar-refractivity contribution in [2.24, 2.45) is 0 Å². The molecule has 0 radical (unpaired) electrons. The summed E-state index contributed by atoms with van der Waals surface area (Å²) in [5, 5.41) is 3.94. The van der Waals surface area contributed by atoms with Crippen molar-refractivity contribution in [3.8, 4) is 0 Å². The molecule has 0 aliphatic carbocycles. The van der Waals surface area contributed by atoms with E-state index >= 15 is 0 Å². The minimum atomic E-state index is 0. The summed E-state index contributed by atoms with van der Waals surface area (Å²) in [6.07, 6.45) is 18.1. The van der Waals surface area contributed by atoms with Gasteiger partial charge in [-0.1, -0.05) is 77.6 Å². The van der Waals surface area contributed by atoms with Gasteiger partial charge < -0.3 is 16.0 Å². The van der Waals surface area contributed by atoms with Crippen LogP contribution in [-0.2, 0) is 0 Å². The highest BCUT2D eigenvalue weighted by atomic mass is 79.9. The normalized spacial score (nSPS) is 16.6. The van der Waals surface area contributed by atoms with Gasteiger partial charge in [-0.3, -0.25) is 0 Å². The van der Waals surface area contributed by atoms with Crippen LogP contribution in [0.2, 0.25) is 0 Å².